The first-order valence-electron chi connectivity index (χ1n) is 5.72. The standard InChI is InChI=1S/C11H22N2O/c1-3-9(2)8-11(14)13-7-6-12-10-4-5-10/h9-10,12H,3-8H2,1-2H3,(H,13,14). The molecule has 0 spiro atoms. The average molecular weight is 198 g/mol. The summed E-state index contributed by atoms with van der Waals surface area (Å²) in [6.45, 7) is 5.91. The number of hydrogen-bond acceptors (Lipinski definition) is 2. The molecule has 0 aromatic heterocycles. The number of carbonyl (C=O) groups is 1. The Kier molecular flexibility index (Phi) is 4.94. The van der Waals surface area contributed by atoms with Gasteiger partial charge in [0.1, 0.15) is 0 Å². The van der Waals surface area contributed by atoms with Crippen molar-refractivity contribution in [2.24, 2.45) is 5.92 Å². The quantitative estimate of drug-likeness (QED) is 0.605. The second-order valence-electron chi connectivity index (χ2n) is 4.30. The fraction of sp³-hybridized carbons (Fsp3) is 0.909. The highest BCUT2D eigenvalue weighted by Gasteiger charge is 2.19. The molecular weight excluding hydrogens is 176 g/mol. The maximum Gasteiger partial charge on any atom is 0.220 e. The molecule has 0 aromatic rings. The van der Waals surface area contributed by atoms with Crippen molar-refractivity contribution in [3.63, 3.8) is 0 Å². The van der Waals surface area contributed by atoms with Crippen LogP contribution in [0.15, 0.2) is 0 Å². The Hall–Kier alpha value is -0.570. The number of rotatable bonds is 7. The Morgan fingerprint density at radius 3 is 2.71 bits per heavy atom. The maximum atomic E-state index is 11.3. The first-order chi connectivity index (χ1) is 6.72. The van der Waals surface area contributed by atoms with Gasteiger partial charge in [-0.05, 0) is 18.8 Å². The summed E-state index contributed by atoms with van der Waals surface area (Å²) < 4.78 is 0. The van der Waals surface area contributed by atoms with Crippen LogP contribution in [-0.2, 0) is 4.79 Å². The van der Waals surface area contributed by atoms with Crippen molar-refractivity contribution in [3.8, 4) is 0 Å². The fourth-order valence-electron chi connectivity index (χ4n) is 1.30. The molecule has 0 aliphatic heterocycles. The van der Waals surface area contributed by atoms with Crippen molar-refractivity contribution in [2.45, 2.75) is 45.6 Å². The van der Waals surface area contributed by atoms with Gasteiger partial charge >= 0.3 is 0 Å². The highest BCUT2D eigenvalue weighted by molar-refractivity contribution is 5.76. The van der Waals surface area contributed by atoms with E-state index in [1.165, 1.54) is 12.8 Å². The van der Waals surface area contributed by atoms with E-state index in [2.05, 4.69) is 24.5 Å². The van der Waals surface area contributed by atoms with E-state index in [0.717, 1.165) is 25.6 Å². The monoisotopic (exact) mass is 198 g/mol. The lowest BCUT2D eigenvalue weighted by Gasteiger charge is -2.09. The first-order valence-corrected chi connectivity index (χ1v) is 5.72. The second-order valence-corrected chi connectivity index (χ2v) is 4.30. The summed E-state index contributed by atoms with van der Waals surface area (Å²) in [5, 5.41) is 6.29. The number of carbonyl (C=O) groups excluding carboxylic acids is 1. The van der Waals surface area contributed by atoms with Crippen LogP contribution in [-0.4, -0.2) is 25.0 Å². The van der Waals surface area contributed by atoms with Gasteiger partial charge in [0, 0.05) is 25.6 Å². The van der Waals surface area contributed by atoms with Crippen molar-refractivity contribution in [3.05, 3.63) is 0 Å². The highest BCUT2D eigenvalue weighted by atomic mass is 16.1. The largest absolute Gasteiger partial charge is 0.355 e. The summed E-state index contributed by atoms with van der Waals surface area (Å²) in [6.07, 6.45) is 4.36. The lowest BCUT2D eigenvalue weighted by atomic mass is 10.1. The summed E-state index contributed by atoms with van der Waals surface area (Å²) in [7, 11) is 0. The lowest BCUT2D eigenvalue weighted by Crippen LogP contribution is -2.33. The second kappa shape index (κ2) is 6.02. The van der Waals surface area contributed by atoms with Gasteiger partial charge in [0.2, 0.25) is 5.91 Å². The van der Waals surface area contributed by atoms with Gasteiger partial charge in [-0.1, -0.05) is 20.3 Å². The molecule has 2 N–H and O–H groups in total. The zero-order chi connectivity index (χ0) is 10.4. The Morgan fingerprint density at radius 2 is 2.14 bits per heavy atom. The molecule has 1 aliphatic rings. The molecular formula is C11H22N2O. The number of nitrogens with one attached hydrogen (secondary N) is 2. The maximum absolute atomic E-state index is 11.3. The molecule has 1 unspecified atom stereocenters. The van der Waals surface area contributed by atoms with E-state index in [4.69, 9.17) is 0 Å². The van der Waals surface area contributed by atoms with Crippen LogP contribution in [0.3, 0.4) is 0 Å². The van der Waals surface area contributed by atoms with Crippen LogP contribution >= 0.6 is 0 Å². The van der Waals surface area contributed by atoms with Crippen LogP contribution in [0.1, 0.15) is 39.5 Å². The van der Waals surface area contributed by atoms with Crippen molar-refractivity contribution in [1.29, 1.82) is 0 Å². The number of hydrogen-bond donors (Lipinski definition) is 2. The van der Waals surface area contributed by atoms with Crippen LogP contribution in [0.25, 0.3) is 0 Å². The van der Waals surface area contributed by atoms with Crippen LogP contribution in [0.4, 0.5) is 0 Å². The van der Waals surface area contributed by atoms with Crippen LogP contribution < -0.4 is 10.6 Å². The molecule has 1 amide bonds. The van der Waals surface area contributed by atoms with Crippen LogP contribution in [0, 0.1) is 5.92 Å². The van der Waals surface area contributed by atoms with E-state index in [9.17, 15) is 4.79 Å². The molecule has 14 heavy (non-hydrogen) atoms. The van der Waals surface area contributed by atoms with Crippen molar-refractivity contribution in [2.75, 3.05) is 13.1 Å². The fourth-order valence-corrected chi connectivity index (χ4v) is 1.30. The predicted molar refractivity (Wildman–Crippen MR) is 58.1 cm³/mol. The van der Waals surface area contributed by atoms with Gasteiger partial charge in [-0.15, -0.1) is 0 Å². The third kappa shape index (κ3) is 5.22. The van der Waals surface area contributed by atoms with Gasteiger partial charge in [0.15, 0.2) is 0 Å². The molecule has 0 aromatic carbocycles. The van der Waals surface area contributed by atoms with E-state index < -0.39 is 0 Å². The third-order valence-corrected chi connectivity index (χ3v) is 2.69. The molecule has 0 heterocycles. The molecule has 1 fully saturated rings. The van der Waals surface area contributed by atoms with E-state index in [1.54, 1.807) is 0 Å². The van der Waals surface area contributed by atoms with Crippen molar-refractivity contribution < 1.29 is 4.79 Å². The Balaban J connectivity index is 1.91. The van der Waals surface area contributed by atoms with Crippen molar-refractivity contribution >= 4 is 5.91 Å². The van der Waals surface area contributed by atoms with E-state index in [1.807, 2.05) is 0 Å². The van der Waals surface area contributed by atoms with Crippen LogP contribution in [0.2, 0.25) is 0 Å². The van der Waals surface area contributed by atoms with Gasteiger partial charge in [-0.3, -0.25) is 4.79 Å². The average Bonchev–Trinajstić information content (AvgIpc) is 2.96. The summed E-state index contributed by atoms with van der Waals surface area (Å²) in [5.41, 5.74) is 0. The minimum atomic E-state index is 0.192. The minimum Gasteiger partial charge on any atom is -0.355 e. The van der Waals surface area contributed by atoms with Crippen LogP contribution in [0.5, 0.6) is 0 Å². The Morgan fingerprint density at radius 1 is 1.43 bits per heavy atom. The van der Waals surface area contributed by atoms with Gasteiger partial charge < -0.3 is 10.6 Å². The van der Waals surface area contributed by atoms with Crippen molar-refractivity contribution in [1.82, 2.24) is 10.6 Å². The van der Waals surface area contributed by atoms with E-state index in [-0.39, 0.29) is 5.91 Å². The summed E-state index contributed by atoms with van der Waals surface area (Å²) in [6, 6.07) is 0.737. The molecule has 1 saturated carbocycles. The molecule has 1 rings (SSSR count). The van der Waals surface area contributed by atoms with Gasteiger partial charge in [0.25, 0.3) is 0 Å². The molecule has 0 saturated heterocycles. The Bertz CT molecular complexity index is 178. The zero-order valence-electron chi connectivity index (χ0n) is 9.31. The van der Waals surface area contributed by atoms with Gasteiger partial charge in [-0.2, -0.15) is 0 Å². The van der Waals surface area contributed by atoms with Gasteiger partial charge in [-0.25, -0.2) is 0 Å². The molecule has 0 bridgehead atoms. The van der Waals surface area contributed by atoms with Gasteiger partial charge in [0.05, 0.1) is 0 Å². The summed E-state index contributed by atoms with van der Waals surface area (Å²) in [4.78, 5) is 11.3. The topological polar surface area (TPSA) is 41.1 Å². The SMILES string of the molecule is CCC(C)CC(=O)NCCNC1CC1. The smallest absolute Gasteiger partial charge is 0.220 e. The number of amides is 1. The molecule has 3 nitrogen and oxygen atoms in total. The molecule has 82 valence electrons. The molecule has 1 aliphatic carbocycles. The van der Waals surface area contributed by atoms with E-state index >= 15 is 0 Å². The molecule has 0 radical (unpaired) electrons. The first kappa shape index (κ1) is 11.5. The Labute approximate surface area is 86.6 Å². The summed E-state index contributed by atoms with van der Waals surface area (Å²) in [5.74, 6) is 0.698. The normalized spacial score (nSPS) is 17.9. The minimum absolute atomic E-state index is 0.192. The lowest BCUT2D eigenvalue weighted by molar-refractivity contribution is -0.121. The predicted octanol–water partition coefficient (Wildman–Crippen LogP) is 1.29. The zero-order valence-corrected chi connectivity index (χ0v) is 9.31. The molecule has 3 heteroatoms. The highest BCUT2D eigenvalue weighted by Crippen LogP contribution is 2.17. The molecule has 1 atom stereocenters. The summed E-state index contributed by atoms with van der Waals surface area (Å²) >= 11 is 0. The third-order valence-electron chi connectivity index (χ3n) is 2.69. The van der Waals surface area contributed by atoms with E-state index in [0.29, 0.717) is 12.3 Å².